The van der Waals surface area contributed by atoms with Crippen molar-refractivity contribution >= 4 is 17.6 Å². The van der Waals surface area contributed by atoms with E-state index in [9.17, 15) is 4.79 Å². The second-order valence-corrected chi connectivity index (χ2v) is 2.72. The highest BCUT2D eigenvalue weighted by Gasteiger charge is 2.33. The molecule has 0 aliphatic carbocycles. The highest BCUT2D eigenvalue weighted by atomic mass is 35.5. The van der Waals surface area contributed by atoms with Crippen molar-refractivity contribution in [3.8, 4) is 0 Å². The summed E-state index contributed by atoms with van der Waals surface area (Å²) < 4.78 is 4.70. The zero-order chi connectivity index (χ0) is 6.85. The van der Waals surface area contributed by atoms with Crippen molar-refractivity contribution in [1.29, 1.82) is 0 Å². The van der Waals surface area contributed by atoms with Gasteiger partial charge in [-0.3, -0.25) is 4.79 Å². The summed E-state index contributed by atoms with van der Waals surface area (Å²) in [6, 6.07) is 0. The molecule has 0 aromatic heterocycles. The molecule has 2 unspecified atom stereocenters. The number of rotatable bonds is 1. The molecule has 0 radical (unpaired) electrons. The van der Waals surface area contributed by atoms with Crippen LogP contribution in [0.4, 0.5) is 0 Å². The minimum absolute atomic E-state index is 0.0633. The molecule has 0 spiro atoms. The third-order valence-corrected chi connectivity index (χ3v) is 1.99. The van der Waals surface area contributed by atoms with Crippen molar-refractivity contribution in [1.82, 2.24) is 0 Å². The van der Waals surface area contributed by atoms with Gasteiger partial charge in [-0.05, 0) is 6.42 Å². The smallest absolute Gasteiger partial charge is 0.310 e. The summed E-state index contributed by atoms with van der Waals surface area (Å²) in [7, 11) is 0. The molecule has 2 atom stereocenters. The van der Waals surface area contributed by atoms with Gasteiger partial charge in [-0.2, -0.15) is 0 Å². The van der Waals surface area contributed by atoms with Crippen LogP contribution in [0.1, 0.15) is 13.3 Å². The second-order valence-electron chi connectivity index (χ2n) is 2.16. The van der Waals surface area contributed by atoms with E-state index in [4.69, 9.17) is 16.3 Å². The van der Waals surface area contributed by atoms with E-state index in [2.05, 4.69) is 0 Å². The summed E-state index contributed by atoms with van der Waals surface area (Å²) in [6.45, 7) is 2.32. The quantitative estimate of drug-likeness (QED) is 0.412. The lowest BCUT2D eigenvalue weighted by molar-refractivity contribution is -0.141. The van der Waals surface area contributed by atoms with E-state index in [0.717, 1.165) is 6.42 Å². The van der Waals surface area contributed by atoms with Gasteiger partial charge in [0, 0.05) is 0 Å². The van der Waals surface area contributed by atoms with Crippen LogP contribution in [0.2, 0.25) is 0 Å². The van der Waals surface area contributed by atoms with Crippen LogP contribution >= 0.6 is 11.6 Å². The number of halogens is 1. The Hall–Kier alpha value is -0.240. The number of esters is 1. The van der Waals surface area contributed by atoms with E-state index >= 15 is 0 Å². The van der Waals surface area contributed by atoms with Crippen LogP contribution in [0.3, 0.4) is 0 Å². The maximum atomic E-state index is 10.7. The van der Waals surface area contributed by atoms with E-state index in [1.165, 1.54) is 0 Å². The number of hydrogen-bond acceptors (Lipinski definition) is 2. The van der Waals surface area contributed by atoms with Crippen LogP contribution < -0.4 is 0 Å². The second kappa shape index (κ2) is 2.56. The van der Waals surface area contributed by atoms with Crippen LogP contribution in [0.25, 0.3) is 0 Å². The van der Waals surface area contributed by atoms with Gasteiger partial charge in [-0.1, -0.05) is 6.92 Å². The SMILES string of the molecule is CCC1C(=O)OCC1Cl. The number of carbonyl (C=O) groups is 1. The minimum Gasteiger partial charge on any atom is -0.464 e. The summed E-state index contributed by atoms with van der Waals surface area (Å²) in [5, 5.41) is -0.0949. The molecule has 0 bridgehead atoms. The molecule has 1 aliphatic rings. The molecule has 0 N–H and O–H groups in total. The predicted molar refractivity (Wildman–Crippen MR) is 34.4 cm³/mol. The standard InChI is InChI=1S/C6H9ClO2/c1-2-4-5(7)3-9-6(4)8/h4-5H,2-3H2,1H3. The molecule has 0 amide bonds. The van der Waals surface area contributed by atoms with Gasteiger partial charge in [0.1, 0.15) is 6.61 Å². The summed E-state index contributed by atoms with van der Waals surface area (Å²) in [5.74, 6) is -0.204. The topological polar surface area (TPSA) is 26.3 Å². The van der Waals surface area contributed by atoms with Crippen LogP contribution in [-0.4, -0.2) is 18.0 Å². The molecule has 0 aromatic carbocycles. The van der Waals surface area contributed by atoms with E-state index in [0.29, 0.717) is 6.61 Å². The van der Waals surface area contributed by atoms with Crippen molar-refractivity contribution in [2.24, 2.45) is 5.92 Å². The average Bonchev–Trinajstić information content (AvgIpc) is 2.12. The number of carbonyl (C=O) groups excluding carboxylic acids is 1. The Morgan fingerprint density at radius 2 is 2.56 bits per heavy atom. The van der Waals surface area contributed by atoms with Gasteiger partial charge < -0.3 is 4.74 Å². The van der Waals surface area contributed by atoms with Gasteiger partial charge in [-0.15, -0.1) is 11.6 Å². The van der Waals surface area contributed by atoms with Crippen molar-refractivity contribution in [2.45, 2.75) is 18.7 Å². The fourth-order valence-electron chi connectivity index (χ4n) is 0.955. The van der Waals surface area contributed by atoms with Gasteiger partial charge in [-0.25, -0.2) is 0 Å². The monoisotopic (exact) mass is 148 g/mol. The molecular formula is C6H9ClO2. The first-order valence-corrected chi connectivity index (χ1v) is 3.50. The maximum Gasteiger partial charge on any atom is 0.310 e. The van der Waals surface area contributed by atoms with Crippen LogP contribution in [0, 0.1) is 5.92 Å². The first-order valence-electron chi connectivity index (χ1n) is 3.06. The lowest BCUT2D eigenvalue weighted by Crippen LogP contribution is -2.14. The molecule has 1 aliphatic heterocycles. The Kier molecular flexibility index (Phi) is 1.96. The molecule has 2 nitrogen and oxygen atoms in total. The predicted octanol–water partition coefficient (Wildman–Crippen LogP) is 1.18. The van der Waals surface area contributed by atoms with Gasteiger partial charge in [0.2, 0.25) is 0 Å². The summed E-state index contributed by atoms with van der Waals surface area (Å²) in [4.78, 5) is 10.7. The minimum atomic E-state index is -0.141. The summed E-state index contributed by atoms with van der Waals surface area (Å²) in [5.41, 5.74) is 0. The molecule has 1 rings (SSSR count). The molecule has 1 fully saturated rings. The van der Waals surface area contributed by atoms with Crippen LogP contribution in [-0.2, 0) is 9.53 Å². The van der Waals surface area contributed by atoms with Crippen LogP contribution in [0.5, 0.6) is 0 Å². The molecular weight excluding hydrogens is 140 g/mol. The van der Waals surface area contributed by atoms with Crippen molar-refractivity contribution < 1.29 is 9.53 Å². The Labute approximate surface area is 59.1 Å². The van der Waals surface area contributed by atoms with Crippen molar-refractivity contribution in [3.05, 3.63) is 0 Å². The van der Waals surface area contributed by atoms with Gasteiger partial charge in [0.05, 0.1) is 11.3 Å². The van der Waals surface area contributed by atoms with Crippen LogP contribution in [0.15, 0.2) is 0 Å². The Balaban J connectivity index is 2.55. The van der Waals surface area contributed by atoms with Crippen molar-refractivity contribution in [2.75, 3.05) is 6.61 Å². The maximum absolute atomic E-state index is 10.7. The van der Waals surface area contributed by atoms with Gasteiger partial charge in [0.15, 0.2) is 0 Å². The first kappa shape index (κ1) is 6.87. The summed E-state index contributed by atoms with van der Waals surface area (Å²) in [6.07, 6.45) is 0.785. The Bertz CT molecular complexity index is 124. The Morgan fingerprint density at radius 3 is 2.78 bits per heavy atom. The molecule has 0 aromatic rings. The number of hydrogen-bond donors (Lipinski definition) is 0. The summed E-state index contributed by atoms with van der Waals surface area (Å²) >= 11 is 5.73. The molecule has 0 saturated carbocycles. The van der Waals surface area contributed by atoms with E-state index in [-0.39, 0.29) is 17.3 Å². The van der Waals surface area contributed by atoms with E-state index in [1.807, 2.05) is 6.92 Å². The normalized spacial score (nSPS) is 34.7. The fourth-order valence-corrected chi connectivity index (χ4v) is 1.30. The molecule has 9 heavy (non-hydrogen) atoms. The molecule has 52 valence electrons. The average molecular weight is 149 g/mol. The number of ether oxygens (including phenoxy) is 1. The largest absolute Gasteiger partial charge is 0.464 e. The lowest BCUT2D eigenvalue weighted by atomic mass is 10.1. The zero-order valence-electron chi connectivity index (χ0n) is 5.26. The molecule has 1 saturated heterocycles. The van der Waals surface area contributed by atoms with Crippen molar-refractivity contribution in [3.63, 3.8) is 0 Å². The highest BCUT2D eigenvalue weighted by Crippen LogP contribution is 2.22. The van der Waals surface area contributed by atoms with Gasteiger partial charge >= 0.3 is 5.97 Å². The zero-order valence-corrected chi connectivity index (χ0v) is 6.02. The fraction of sp³-hybridized carbons (Fsp3) is 0.833. The Morgan fingerprint density at radius 1 is 1.89 bits per heavy atom. The third-order valence-electron chi connectivity index (χ3n) is 1.56. The van der Waals surface area contributed by atoms with E-state index < -0.39 is 0 Å². The molecule has 1 heterocycles. The number of alkyl halides is 1. The first-order chi connectivity index (χ1) is 4.25. The third kappa shape index (κ3) is 1.18. The van der Waals surface area contributed by atoms with Gasteiger partial charge in [0.25, 0.3) is 0 Å². The molecule has 3 heteroatoms. The van der Waals surface area contributed by atoms with E-state index in [1.54, 1.807) is 0 Å². The highest BCUT2D eigenvalue weighted by molar-refractivity contribution is 6.22. The lowest BCUT2D eigenvalue weighted by Gasteiger charge is -2.01. The number of cyclic esters (lactones) is 1.